The van der Waals surface area contributed by atoms with Gasteiger partial charge in [0.25, 0.3) is 17.4 Å². The van der Waals surface area contributed by atoms with E-state index in [0.717, 1.165) is 35.2 Å². The molecule has 0 unspecified atom stereocenters. The lowest BCUT2D eigenvalue weighted by atomic mass is 9.94. The molecule has 9 nitrogen and oxygen atoms in total. The van der Waals surface area contributed by atoms with Gasteiger partial charge in [0.2, 0.25) is 0 Å². The van der Waals surface area contributed by atoms with E-state index in [1.807, 2.05) is 0 Å². The number of anilines is 1. The van der Waals surface area contributed by atoms with Crippen molar-refractivity contribution in [3.8, 4) is 11.5 Å². The van der Waals surface area contributed by atoms with Crippen LogP contribution in [0.4, 0.5) is 24.5 Å². The van der Waals surface area contributed by atoms with Gasteiger partial charge in [0.15, 0.2) is 0 Å². The fraction of sp³-hybridized carbons (Fsp3) is 0.154. The van der Waals surface area contributed by atoms with Crippen molar-refractivity contribution >= 4 is 28.8 Å². The normalized spacial score (nSPS) is 17.0. The van der Waals surface area contributed by atoms with Gasteiger partial charge in [-0.15, -0.1) is 0 Å². The molecule has 1 atom stereocenters. The van der Waals surface area contributed by atoms with Crippen molar-refractivity contribution in [1.29, 1.82) is 0 Å². The molecule has 0 aliphatic carbocycles. The molecule has 4 rings (SSSR count). The summed E-state index contributed by atoms with van der Waals surface area (Å²) in [6.07, 6.45) is -4.73. The molecule has 0 radical (unpaired) electrons. The van der Waals surface area contributed by atoms with Crippen molar-refractivity contribution in [1.82, 2.24) is 0 Å². The number of aliphatic hydroxyl groups is 1. The number of nitrogens with zero attached hydrogens (tertiary/aromatic N) is 2. The van der Waals surface area contributed by atoms with Gasteiger partial charge in [0.1, 0.15) is 17.3 Å². The highest BCUT2D eigenvalue weighted by Crippen LogP contribution is 2.46. The number of Topliss-reactive ketones (excluding diaryl/α,β-unsaturated/α-hetero) is 1. The minimum absolute atomic E-state index is 0.0184. The first-order valence-electron chi connectivity index (χ1n) is 10.9. The smallest absolute Gasteiger partial charge is 0.416 e. The number of ketones is 1. The Kier molecular flexibility index (Phi) is 6.81. The van der Waals surface area contributed by atoms with Crippen molar-refractivity contribution in [3.63, 3.8) is 0 Å². The lowest BCUT2D eigenvalue weighted by Gasteiger charge is -2.27. The van der Waals surface area contributed by atoms with Crippen LogP contribution in [0.1, 0.15) is 22.7 Å². The van der Waals surface area contributed by atoms with Gasteiger partial charge in [-0.25, -0.2) is 0 Å². The molecule has 1 heterocycles. The predicted octanol–water partition coefficient (Wildman–Crippen LogP) is 5.26. The number of carbonyl (C=O) groups excluding carboxylic acids is 2. The number of nitro benzene ring substituents is 1. The maximum Gasteiger partial charge on any atom is 0.416 e. The second-order valence-corrected chi connectivity index (χ2v) is 8.13. The van der Waals surface area contributed by atoms with E-state index in [9.17, 15) is 38.0 Å². The first-order valence-corrected chi connectivity index (χ1v) is 10.9. The zero-order valence-electron chi connectivity index (χ0n) is 19.9. The van der Waals surface area contributed by atoms with Gasteiger partial charge in [-0.2, -0.15) is 13.2 Å². The van der Waals surface area contributed by atoms with Crippen molar-refractivity contribution < 1.29 is 42.3 Å². The highest BCUT2D eigenvalue weighted by molar-refractivity contribution is 6.51. The minimum Gasteiger partial charge on any atom is -0.507 e. The number of carbonyl (C=O) groups is 2. The summed E-state index contributed by atoms with van der Waals surface area (Å²) < 4.78 is 51.0. The Labute approximate surface area is 213 Å². The van der Waals surface area contributed by atoms with Crippen LogP contribution in [-0.4, -0.2) is 35.9 Å². The average molecular weight is 528 g/mol. The van der Waals surface area contributed by atoms with Gasteiger partial charge < -0.3 is 14.6 Å². The number of halogens is 3. The van der Waals surface area contributed by atoms with E-state index < -0.39 is 45.7 Å². The summed E-state index contributed by atoms with van der Waals surface area (Å²) in [4.78, 5) is 37.7. The Morgan fingerprint density at radius 2 is 1.68 bits per heavy atom. The number of nitro groups is 1. The quantitative estimate of drug-likeness (QED) is 0.152. The second kappa shape index (κ2) is 9.88. The Morgan fingerprint density at radius 1 is 1.00 bits per heavy atom. The maximum atomic E-state index is 13.5. The highest BCUT2D eigenvalue weighted by atomic mass is 19.4. The standard InChI is InChI=1S/C26H19F3N2O7/c1-37-18-10-11-19(20(13-18)38-2)22-21(23(32)14-6-8-16(9-7-14)31(35)36)24(33)25(34)30(22)17-5-3-4-15(12-17)26(27,28)29/h3-13,22,32H,1-2H3/t22-/m0/s1. The van der Waals surface area contributed by atoms with E-state index in [-0.39, 0.29) is 28.3 Å². The lowest BCUT2D eigenvalue weighted by molar-refractivity contribution is -0.384. The zero-order chi connectivity index (χ0) is 27.8. The largest absolute Gasteiger partial charge is 0.507 e. The fourth-order valence-electron chi connectivity index (χ4n) is 4.17. The molecule has 3 aromatic rings. The molecule has 3 aromatic carbocycles. The van der Waals surface area contributed by atoms with Crippen molar-refractivity contribution in [2.45, 2.75) is 12.2 Å². The molecule has 0 spiro atoms. The average Bonchev–Trinajstić information content (AvgIpc) is 3.17. The van der Waals surface area contributed by atoms with E-state index in [4.69, 9.17) is 9.47 Å². The van der Waals surface area contributed by atoms with E-state index in [1.165, 1.54) is 50.6 Å². The van der Waals surface area contributed by atoms with Gasteiger partial charge in [-0.3, -0.25) is 24.6 Å². The van der Waals surface area contributed by atoms with E-state index in [1.54, 1.807) is 0 Å². The number of alkyl halides is 3. The number of methoxy groups -OCH3 is 2. The second-order valence-electron chi connectivity index (χ2n) is 8.13. The van der Waals surface area contributed by atoms with Crippen LogP contribution in [0.2, 0.25) is 0 Å². The third kappa shape index (κ3) is 4.63. The number of benzene rings is 3. The fourth-order valence-corrected chi connectivity index (χ4v) is 4.17. The Balaban J connectivity index is 1.98. The monoisotopic (exact) mass is 528 g/mol. The lowest BCUT2D eigenvalue weighted by Crippen LogP contribution is -2.30. The van der Waals surface area contributed by atoms with Crippen LogP contribution >= 0.6 is 0 Å². The molecule has 12 heteroatoms. The summed E-state index contributed by atoms with van der Waals surface area (Å²) in [6.45, 7) is 0. The predicted molar refractivity (Wildman–Crippen MR) is 129 cm³/mol. The molecule has 0 saturated carbocycles. The molecule has 1 fully saturated rings. The van der Waals surface area contributed by atoms with Crippen molar-refractivity contribution in [2.24, 2.45) is 0 Å². The number of aliphatic hydroxyl groups excluding tert-OH is 1. The van der Waals surface area contributed by atoms with Gasteiger partial charge in [0.05, 0.1) is 36.3 Å². The number of hydrogen-bond donors (Lipinski definition) is 1. The van der Waals surface area contributed by atoms with Crippen molar-refractivity contribution in [2.75, 3.05) is 19.1 Å². The summed E-state index contributed by atoms with van der Waals surface area (Å²) in [6, 6.07) is 11.4. The van der Waals surface area contributed by atoms with Crippen LogP contribution in [0.5, 0.6) is 11.5 Å². The minimum atomic E-state index is -4.73. The number of rotatable bonds is 6. The molecule has 1 amide bonds. The van der Waals surface area contributed by atoms with Gasteiger partial charge in [-0.1, -0.05) is 6.07 Å². The summed E-state index contributed by atoms with van der Waals surface area (Å²) in [7, 11) is 2.71. The Bertz CT molecular complexity index is 1470. The number of hydrogen-bond acceptors (Lipinski definition) is 7. The third-order valence-corrected chi connectivity index (χ3v) is 5.98. The van der Waals surface area contributed by atoms with Gasteiger partial charge in [-0.05, 0) is 42.5 Å². The van der Waals surface area contributed by atoms with E-state index in [0.29, 0.717) is 5.75 Å². The highest BCUT2D eigenvalue weighted by Gasteiger charge is 2.48. The van der Waals surface area contributed by atoms with Crippen molar-refractivity contribution in [3.05, 3.63) is 99.1 Å². The molecule has 38 heavy (non-hydrogen) atoms. The molecule has 0 aromatic heterocycles. The van der Waals surface area contributed by atoms with E-state index in [2.05, 4.69) is 0 Å². The first-order chi connectivity index (χ1) is 18.0. The van der Waals surface area contributed by atoms with Crippen LogP contribution in [0.25, 0.3) is 5.76 Å². The van der Waals surface area contributed by atoms with Crippen LogP contribution in [0, 0.1) is 10.1 Å². The Morgan fingerprint density at radius 3 is 2.26 bits per heavy atom. The SMILES string of the molecule is COc1ccc([C@H]2C(=C(O)c3ccc([N+](=O)[O-])cc3)C(=O)C(=O)N2c2cccc(C(F)(F)F)c2)c(OC)c1. The number of ether oxygens (including phenoxy) is 2. The number of amides is 1. The Hall–Kier alpha value is -4.87. The zero-order valence-corrected chi connectivity index (χ0v) is 19.9. The van der Waals surface area contributed by atoms with Gasteiger partial charge in [0, 0.05) is 35.0 Å². The molecule has 1 aliphatic heterocycles. The van der Waals surface area contributed by atoms with Gasteiger partial charge >= 0.3 is 6.18 Å². The van der Waals surface area contributed by atoms with Crippen LogP contribution in [-0.2, 0) is 15.8 Å². The van der Waals surface area contributed by atoms with Crippen LogP contribution in [0.15, 0.2) is 72.3 Å². The molecule has 1 aliphatic rings. The summed E-state index contributed by atoms with van der Waals surface area (Å²) in [5, 5.41) is 22.2. The molecule has 1 N–H and O–H groups in total. The molecular formula is C26H19F3N2O7. The first kappa shape index (κ1) is 26.2. The molecule has 0 bridgehead atoms. The molecule has 196 valence electrons. The topological polar surface area (TPSA) is 119 Å². The number of non-ortho nitro benzene ring substituents is 1. The van der Waals surface area contributed by atoms with E-state index >= 15 is 0 Å². The molecular weight excluding hydrogens is 509 g/mol. The van der Waals surface area contributed by atoms with Crippen LogP contribution < -0.4 is 14.4 Å². The maximum absolute atomic E-state index is 13.5. The third-order valence-electron chi connectivity index (χ3n) is 5.98. The van der Waals surface area contributed by atoms with Crippen LogP contribution in [0.3, 0.4) is 0 Å². The summed E-state index contributed by atoms with van der Waals surface area (Å²) >= 11 is 0. The summed E-state index contributed by atoms with van der Waals surface area (Å²) in [5.74, 6) is -2.53. The molecule has 1 saturated heterocycles. The summed E-state index contributed by atoms with van der Waals surface area (Å²) in [5.41, 5.74) is -1.85.